The molecule has 3 N–H and O–H groups in total. The maximum atomic E-state index is 5.82. The van der Waals surface area contributed by atoms with Crippen molar-refractivity contribution < 1.29 is 0 Å². The molecule has 0 unspecified atom stereocenters. The minimum atomic E-state index is 0.422. The number of hydrogen-bond acceptors (Lipinski definition) is 3. The van der Waals surface area contributed by atoms with Crippen LogP contribution in [-0.4, -0.2) is 4.98 Å². The number of hydrogen-bond donors (Lipinski definition) is 2. The molecule has 0 saturated heterocycles. The van der Waals surface area contributed by atoms with Crippen molar-refractivity contribution in [3.63, 3.8) is 0 Å². The van der Waals surface area contributed by atoms with E-state index in [4.69, 9.17) is 17.3 Å². The lowest BCUT2D eigenvalue weighted by Crippen LogP contribution is -2.00. The van der Waals surface area contributed by atoms with Crippen molar-refractivity contribution in [1.82, 2.24) is 4.98 Å². The van der Waals surface area contributed by atoms with Crippen molar-refractivity contribution >= 4 is 28.8 Å². The second-order valence-electron chi connectivity index (χ2n) is 3.51. The van der Waals surface area contributed by atoms with Crippen LogP contribution in [0.3, 0.4) is 0 Å². The highest BCUT2D eigenvalue weighted by Gasteiger charge is 2.03. The molecule has 1 aromatic heterocycles. The summed E-state index contributed by atoms with van der Waals surface area (Å²) in [7, 11) is 0. The standard InChI is InChI=1S/C12H12ClN3/c1-8-4-2-3-5-10(8)15-12-9(14)6-7-11(13)16-12/h2-7H,14H2,1H3,(H,15,16). The Kier molecular flexibility index (Phi) is 2.97. The molecule has 4 heteroatoms. The fraction of sp³-hybridized carbons (Fsp3) is 0.0833. The van der Waals surface area contributed by atoms with E-state index in [1.807, 2.05) is 31.2 Å². The summed E-state index contributed by atoms with van der Waals surface area (Å²) in [4.78, 5) is 4.14. The first kappa shape index (κ1) is 10.8. The summed E-state index contributed by atoms with van der Waals surface area (Å²) in [5.74, 6) is 0.585. The molecule has 1 aromatic carbocycles. The van der Waals surface area contributed by atoms with Gasteiger partial charge in [0.1, 0.15) is 5.15 Å². The third-order valence-electron chi connectivity index (χ3n) is 2.29. The summed E-state index contributed by atoms with van der Waals surface area (Å²) in [6, 6.07) is 11.3. The van der Waals surface area contributed by atoms with Crippen LogP contribution in [0.4, 0.5) is 17.2 Å². The van der Waals surface area contributed by atoms with Crippen LogP contribution >= 0.6 is 11.6 Å². The summed E-state index contributed by atoms with van der Waals surface area (Å²) in [5, 5.41) is 3.58. The van der Waals surface area contributed by atoms with Crippen LogP contribution in [0, 0.1) is 6.92 Å². The van der Waals surface area contributed by atoms with E-state index in [0.29, 0.717) is 16.7 Å². The van der Waals surface area contributed by atoms with Crippen molar-refractivity contribution in [2.75, 3.05) is 11.1 Å². The van der Waals surface area contributed by atoms with Crippen LogP contribution in [0.25, 0.3) is 0 Å². The average molecular weight is 234 g/mol. The Bertz CT molecular complexity index is 511. The fourth-order valence-corrected chi connectivity index (χ4v) is 1.53. The molecule has 3 nitrogen and oxygen atoms in total. The number of nitrogens with one attached hydrogen (secondary N) is 1. The predicted octanol–water partition coefficient (Wildman–Crippen LogP) is 3.37. The van der Waals surface area contributed by atoms with Crippen molar-refractivity contribution in [2.45, 2.75) is 6.92 Å². The SMILES string of the molecule is Cc1ccccc1Nc1nc(Cl)ccc1N. The maximum Gasteiger partial charge on any atom is 0.155 e. The Morgan fingerprint density at radius 1 is 1.19 bits per heavy atom. The Morgan fingerprint density at radius 3 is 2.69 bits per heavy atom. The molecule has 0 fully saturated rings. The molecular weight excluding hydrogens is 222 g/mol. The number of benzene rings is 1. The first-order chi connectivity index (χ1) is 7.66. The number of aromatic nitrogens is 1. The highest BCUT2D eigenvalue weighted by Crippen LogP contribution is 2.24. The second-order valence-corrected chi connectivity index (χ2v) is 3.90. The van der Waals surface area contributed by atoms with Gasteiger partial charge in [-0.1, -0.05) is 29.8 Å². The molecule has 0 amide bonds. The molecule has 0 bridgehead atoms. The van der Waals surface area contributed by atoms with Gasteiger partial charge in [-0.3, -0.25) is 0 Å². The van der Waals surface area contributed by atoms with Crippen LogP contribution < -0.4 is 11.1 Å². The van der Waals surface area contributed by atoms with E-state index in [0.717, 1.165) is 11.3 Å². The Hall–Kier alpha value is -1.74. The number of nitrogen functional groups attached to an aromatic ring is 1. The Morgan fingerprint density at radius 2 is 1.94 bits per heavy atom. The molecule has 0 aliphatic carbocycles. The lowest BCUT2D eigenvalue weighted by molar-refractivity contribution is 1.30. The van der Waals surface area contributed by atoms with Gasteiger partial charge in [0, 0.05) is 5.69 Å². The van der Waals surface area contributed by atoms with Gasteiger partial charge >= 0.3 is 0 Å². The highest BCUT2D eigenvalue weighted by atomic mass is 35.5. The molecule has 2 aromatic rings. The molecule has 0 aliphatic rings. The van der Waals surface area contributed by atoms with Gasteiger partial charge in [0.25, 0.3) is 0 Å². The number of nitrogens with zero attached hydrogens (tertiary/aromatic N) is 1. The van der Waals surface area contributed by atoms with E-state index >= 15 is 0 Å². The molecule has 0 spiro atoms. The van der Waals surface area contributed by atoms with Gasteiger partial charge < -0.3 is 11.1 Å². The molecule has 0 radical (unpaired) electrons. The van der Waals surface area contributed by atoms with Gasteiger partial charge in [-0.2, -0.15) is 0 Å². The zero-order chi connectivity index (χ0) is 11.5. The Balaban J connectivity index is 2.34. The lowest BCUT2D eigenvalue weighted by atomic mass is 10.2. The van der Waals surface area contributed by atoms with Crippen LogP contribution in [0.2, 0.25) is 5.15 Å². The predicted molar refractivity (Wildman–Crippen MR) is 68.1 cm³/mol. The third-order valence-corrected chi connectivity index (χ3v) is 2.50. The zero-order valence-electron chi connectivity index (χ0n) is 8.87. The van der Waals surface area contributed by atoms with Crippen LogP contribution in [0.1, 0.15) is 5.56 Å². The quantitative estimate of drug-likeness (QED) is 0.782. The topological polar surface area (TPSA) is 50.9 Å². The molecule has 16 heavy (non-hydrogen) atoms. The first-order valence-electron chi connectivity index (χ1n) is 4.91. The number of aryl methyl sites for hydroxylation is 1. The van der Waals surface area contributed by atoms with Gasteiger partial charge in [-0.25, -0.2) is 4.98 Å². The lowest BCUT2D eigenvalue weighted by Gasteiger charge is -2.10. The minimum absolute atomic E-state index is 0.422. The zero-order valence-corrected chi connectivity index (χ0v) is 9.62. The minimum Gasteiger partial charge on any atom is -0.396 e. The van der Waals surface area contributed by atoms with Gasteiger partial charge in [-0.05, 0) is 30.7 Å². The van der Waals surface area contributed by atoms with E-state index in [9.17, 15) is 0 Å². The van der Waals surface area contributed by atoms with Crippen LogP contribution in [0.5, 0.6) is 0 Å². The van der Waals surface area contributed by atoms with E-state index in [1.54, 1.807) is 12.1 Å². The maximum absolute atomic E-state index is 5.82. The second kappa shape index (κ2) is 4.41. The van der Waals surface area contributed by atoms with E-state index in [-0.39, 0.29) is 0 Å². The van der Waals surface area contributed by atoms with Gasteiger partial charge in [0.15, 0.2) is 5.82 Å². The normalized spacial score (nSPS) is 10.1. The molecule has 0 saturated carbocycles. The van der Waals surface area contributed by atoms with E-state index in [2.05, 4.69) is 10.3 Å². The summed E-state index contributed by atoms with van der Waals surface area (Å²) in [6.45, 7) is 2.02. The summed E-state index contributed by atoms with van der Waals surface area (Å²) in [5.41, 5.74) is 8.48. The van der Waals surface area contributed by atoms with Crippen molar-refractivity contribution in [2.24, 2.45) is 0 Å². The van der Waals surface area contributed by atoms with Crippen molar-refractivity contribution in [3.8, 4) is 0 Å². The Labute approximate surface area is 99.3 Å². The van der Waals surface area contributed by atoms with E-state index in [1.165, 1.54) is 0 Å². The monoisotopic (exact) mass is 233 g/mol. The van der Waals surface area contributed by atoms with Gasteiger partial charge in [0.2, 0.25) is 0 Å². The van der Waals surface area contributed by atoms with Crippen molar-refractivity contribution in [3.05, 3.63) is 47.1 Å². The fourth-order valence-electron chi connectivity index (χ4n) is 1.39. The number of rotatable bonds is 2. The molecule has 2 rings (SSSR count). The highest BCUT2D eigenvalue weighted by molar-refractivity contribution is 6.29. The third kappa shape index (κ3) is 2.25. The molecule has 82 valence electrons. The van der Waals surface area contributed by atoms with E-state index < -0.39 is 0 Å². The summed E-state index contributed by atoms with van der Waals surface area (Å²) in [6.07, 6.45) is 0. The summed E-state index contributed by atoms with van der Waals surface area (Å²) >= 11 is 5.82. The number of para-hydroxylation sites is 1. The van der Waals surface area contributed by atoms with Gasteiger partial charge in [0.05, 0.1) is 5.69 Å². The molecule has 0 aliphatic heterocycles. The summed E-state index contributed by atoms with van der Waals surface area (Å²) < 4.78 is 0. The molecule has 1 heterocycles. The number of nitrogens with two attached hydrogens (primary N) is 1. The van der Waals surface area contributed by atoms with Crippen molar-refractivity contribution in [1.29, 1.82) is 0 Å². The number of pyridine rings is 1. The molecule has 0 atom stereocenters. The van der Waals surface area contributed by atoms with Gasteiger partial charge in [-0.15, -0.1) is 0 Å². The number of anilines is 3. The largest absolute Gasteiger partial charge is 0.396 e. The van der Waals surface area contributed by atoms with Crippen LogP contribution in [0.15, 0.2) is 36.4 Å². The smallest absolute Gasteiger partial charge is 0.155 e. The number of halogens is 1. The average Bonchev–Trinajstić information content (AvgIpc) is 2.27. The molecular formula is C12H12ClN3. The van der Waals surface area contributed by atoms with Crippen LogP contribution in [-0.2, 0) is 0 Å². The first-order valence-corrected chi connectivity index (χ1v) is 5.29.